The first kappa shape index (κ1) is 11.7. The number of rotatable bonds is 4. The highest BCUT2D eigenvalue weighted by atomic mass is 31.3. The number of halogens is 3. The molecule has 0 amide bonds. The van der Waals surface area contributed by atoms with E-state index in [1.54, 1.807) is 0 Å². The van der Waals surface area contributed by atoms with Crippen LogP contribution in [-0.4, -0.2) is 6.61 Å². The van der Waals surface area contributed by atoms with Gasteiger partial charge in [-0.05, 0) is 0 Å². The van der Waals surface area contributed by atoms with Crippen LogP contribution in [0.3, 0.4) is 0 Å². The quantitative estimate of drug-likeness (QED) is 0.737. The van der Waals surface area contributed by atoms with Gasteiger partial charge in [0, 0.05) is 0 Å². The lowest BCUT2D eigenvalue weighted by Gasteiger charge is -2.06. The van der Waals surface area contributed by atoms with E-state index in [2.05, 4.69) is 4.52 Å². The molecule has 5 nitrogen and oxygen atoms in total. The van der Waals surface area contributed by atoms with Gasteiger partial charge in [-0.1, -0.05) is 0 Å². The lowest BCUT2D eigenvalue weighted by Crippen LogP contribution is -2.01. The summed E-state index contributed by atoms with van der Waals surface area (Å²) in [6.45, 7) is -0.971. The Labute approximate surface area is 65.8 Å². The van der Waals surface area contributed by atoms with Gasteiger partial charge in [0.05, 0.1) is 6.07 Å². The number of nitrogens with zero attached hydrogens (tertiary/aromatic N) is 1. The van der Waals surface area contributed by atoms with Crippen LogP contribution < -0.4 is 4.86 Å². The highest BCUT2D eigenvalue weighted by Crippen LogP contribution is 2.58. The second-order valence-electron chi connectivity index (χ2n) is 1.47. The van der Waals surface area contributed by atoms with Crippen LogP contribution in [0.25, 0.3) is 0 Å². The molecule has 70 valence electrons. The maximum absolute atomic E-state index is 12.2. The molecule has 0 saturated heterocycles. The second-order valence-corrected chi connectivity index (χ2v) is 4.42. The van der Waals surface area contributed by atoms with Crippen molar-refractivity contribution in [1.29, 1.82) is 5.26 Å². The molecule has 0 rings (SSSR count). The molecule has 0 saturated carbocycles. The fourth-order valence-electron chi connectivity index (χ4n) is 0.280. The summed E-state index contributed by atoms with van der Waals surface area (Å²) in [4.78, 5) is 0.368. The van der Waals surface area contributed by atoms with Crippen molar-refractivity contribution < 1.29 is 26.2 Å². The lowest BCUT2D eigenvalue weighted by atomic mass is 10.9. The third-order valence-electron chi connectivity index (χ3n) is 0.531. The normalized spacial score (nSPS) is 16.5. The molecule has 0 aromatic carbocycles. The third kappa shape index (κ3) is 6.38. The van der Waals surface area contributed by atoms with Crippen molar-refractivity contribution in [1.82, 2.24) is 4.86 Å². The summed E-state index contributed by atoms with van der Waals surface area (Å²) in [5.41, 5.74) is 0. The van der Waals surface area contributed by atoms with E-state index in [0.29, 0.717) is 4.86 Å². The van der Waals surface area contributed by atoms with Crippen LogP contribution >= 0.6 is 15.7 Å². The van der Waals surface area contributed by atoms with Crippen LogP contribution in [0.2, 0.25) is 0 Å². The SMILES string of the molecule is N#CCOP(=O)(F)NP(=O)(F)F. The minimum atomic E-state index is -5.95. The van der Waals surface area contributed by atoms with Gasteiger partial charge >= 0.3 is 15.7 Å². The largest absolute Gasteiger partial charge is 0.490 e. The number of nitrogens with one attached hydrogen (secondary N) is 1. The molecule has 0 aromatic rings. The predicted molar refractivity (Wildman–Crippen MR) is 33.2 cm³/mol. The first-order valence-electron chi connectivity index (χ1n) is 2.37. The lowest BCUT2D eigenvalue weighted by molar-refractivity contribution is 0.318. The summed E-state index contributed by atoms with van der Waals surface area (Å²) in [6.07, 6.45) is 0. The molecule has 0 fully saturated rings. The van der Waals surface area contributed by atoms with Gasteiger partial charge in [-0.25, -0.2) is 9.13 Å². The Kier molecular flexibility index (Phi) is 3.94. The van der Waals surface area contributed by atoms with Gasteiger partial charge in [0.25, 0.3) is 0 Å². The summed E-state index contributed by atoms with van der Waals surface area (Å²) in [6, 6.07) is 1.20. The van der Waals surface area contributed by atoms with E-state index in [1.807, 2.05) is 0 Å². The van der Waals surface area contributed by atoms with Gasteiger partial charge in [0.2, 0.25) is 0 Å². The molecular formula is C2H3F3N2O3P2. The molecule has 12 heavy (non-hydrogen) atoms. The molecule has 0 spiro atoms. The highest BCUT2D eigenvalue weighted by molar-refractivity contribution is 7.67. The number of hydrogen-bond acceptors (Lipinski definition) is 4. The molecular weight excluding hydrogens is 219 g/mol. The topological polar surface area (TPSA) is 79.2 Å². The van der Waals surface area contributed by atoms with Gasteiger partial charge in [-0.2, -0.15) is 5.26 Å². The van der Waals surface area contributed by atoms with Gasteiger partial charge < -0.3 is 0 Å². The number of hydrogen-bond donors (Lipinski definition) is 1. The van der Waals surface area contributed by atoms with Crippen molar-refractivity contribution in [2.24, 2.45) is 0 Å². The van der Waals surface area contributed by atoms with Crippen LogP contribution in [0.4, 0.5) is 12.6 Å². The first-order valence-corrected chi connectivity index (χ1v) is 5.37. The number of nitriles is 1. The standard InChI is InChI=1S/C2H3F3N2O3P2/c3-11(4,8)7-12(5,9)10-2-1-6/h2H2,(H,7,8,9). The van der Waals surface area contributed by atoms with E-state index in [9.17, 15) is 21.7 Å². The van der Waals surface area contributed by atoms with Crippen LogP contribution in [0.15, 0.2) is 0 Å². The molecule has 0 aromatic heterocycles. The summed E-state index contributed by atoms with van der Waals surface area (Å²) in [7, 11) is -11.3. The van der Waals surface area contributed by atoms with E-state index >= 15 is 0 Å². The Morgan fingerprint density at radius 3 is 2.25 bits per heavy atom. The molecule has 0 aliphatic carbocycles. The van der Waals surface area contributed by atoms with Crippen molar-refractivity contribution in [3.8, 4) is 6.07 Å². The van der Waals surface area contributed by atoms with Crippen molar-refractivity contribution in [3.05, 3.63) is 0 Å². The zero-order valence-corrected chi connectivity index (χ0v) is 7.20. The van der Waals surface area contributed by atoms with Crippen molar-refractivity contribution in [3.63, 3.8) is 0 Å². The summed E-state index contributed by atoms with van der Waals surface area (Å²) < 4.78 is 58.5. The Hall–Kier alpha value is -0.340. The molecule has 1 atom stereocenters. The smallest absolute Gasteiger partial charge is 0.278 e. The molecule has 0 radical (unpaired) electrons. The van der Waals surface area contributed by atoms with Crippen LogP contribution in [0.1, 0.15) is 0 Å². The van der Waals surface area contributed by atoms with Crippen LogP contribution in [0, 0.1) is 11.3 Å². The molecule has 0 bridgehead atoms. The molecule has 1 N–H and O–H groups in total. The average molecular weight is 222 g/mol. The molecule has 1 unspecified atom stereocenters. The van der Waals surface area contributed by atoms with Gasteiger partial charge in [-0.15, -0.1) is 17.4 Å². The van der Waals surface area contributed by atoms with E-state index in [0.717, 1.165) is 0 Å². The predicted octanol–water partition coefficient (Wildman–Crippen LogP) is 2.24. The minimum absolute atomic E-state index is 0.368. The van der Waals surface area contributed by atoms with Gasteiger partial charge in [0.1, 0.15) is 6.61 Å². The summed E-state index contributed by atoms with van der Waals surface area (Å²) in [5.74, 6) is 0. The van der Waals surface area contributed by atoms with Crippen LogP contribution in [0.5, 0.6) is 0 Å². The summed E-state index contributed by atoms with van der Waals surface area (Å²) in [5, 5.41) is 7.78. The molecule has 10 heteroatoms. The Morgan fingerprint density at radius 1 is 1.42 bits per heavy atom. The van der Waals surface area contributed by atoms with Gasteiger partial charge in [-0.3, -0.25) is 4.52 Å². The zero-order chi connectivity index (χ0) is 9.83. The Balaban J connectivity index is 4.17. The molecule has 0 heterocycles. The maximum Gasteiger partial charge on any atom is 0.490 e. The maximum atomic E-state index is 12.2. The van der Waals surface area contributed by atoms with Crippen molar-refractivity contribution in [2.45, 2.75) is 0 Å². The first-order chi connectivity index (χ1) is 5.27. The zero-order valence-electron chi connectivity index (χ0n) is 5.41. The van der Waals surface area contributed by atoms with E-state index < -0.39 is 22.4 Å². The van der Waals surface area contributed by atoms with E-state index in [4.69, 9.17) is 5.26 Å². The van der Waals surface area contributed by atoms with Crippen LogP contribution in [-0.2, 0) is 13.7 Å². The van der Waals surface area contributed by atoms with E-state index in [-0.39, 0.29) is 0 Å². The van der Waals surface area contributed by atoms with Gasteiger partial charge in [0.15, 0.2) is 0 Å². The minimum Gasteiger partial charge on any atom is -0.278 e. The monoisotopic (exact) mass is 222 g/mol. The highest BCUT2D eigenvalue weighted by Gasteiger charge is 2.34. The Morgan fingerprint density at radius 2 is 1.92 bits per heavy atom. The van der Waals surface area contributed by atoms with Crippen molar-refractivity contribution >= 4 is 15.7 Å². The fourth-order valence-corrected chi connectivity index (χ4v) is 1.85. The summed E-state index contributed by atoms with van der Waals surface area (Å²) >= 11 is 0. The fraction of sp³-hybridized carbons (Fsp3) is 0.500. The van der Waals surface area contributed by atoms with Crippen molar-refractivity contribution in [2.75, 3.05) is 6.61 Å². The molecule has 0 aliphatic heterocycles. The Bertz CT molecular complexity index is 282. The third-order valence-corrected chi connectivity index (χ3v) is 2.88. The second kappa shape index (κ2) is 4.06. The average Bonchev–Trinajstić information content (AvgIpc) is 1.78. The molecule has 0 aliphatic rings. The van der Waals surface area contributed by atoms with E-state index in [1.165, 1.54) is 6.07 Å².